The quantitative estimate of drug-likeness (QED) is 0.591. The van der Waals surface area contributed by atoms with E-state index in [1.165, 1.54) is 6.33 Å². The van der Waals surface area contributed by atoms with Crippen LogP contribution in [0.5, 0.6) is 0 Å². The second-order valence-electron chi connectivity index (χ2n) is 6.47. The monoisotopic (exact) mass is 374 g/mol. The van der Waals surface area contributed by atoms with Crippen molar-refractivity contribution < 1.29 is 4.79 Å². The minimum atomic E-state index is -0.313. The van der Waals surface area contributed by atoms with Gasteiger partial charge in [0.1, 0.15) is 12.7 Å². The number of hydrogen-bond acceptors (Lipinski definition) is 5. The fourth-order valence-electron chi connectivity index (χ4n) is 3.09. The molecule has 2 aromatic heterocycles. The van der Waals surface area contributed by atoms with Gasteiger partial charge in [0.05, 0.1) is 17.1 Å². The van der Waals surface area contributed by atoms with Crippen molar-refractivity contribution in [2.45, 2.75) is 13.0 Å². The number of aromatic nitrogens is 5. The summed E-state index contributed by atoms with van der Waals surface area (Å²) < 4.78 is 1.67. The van der Waals surface area contributed by atoms with Crippen LogP contribution in [0.25, 0.3) is 16.5 Å². The molecule has 1 unspecified atom stereocenters. The number of amides is 1. The van der Waals surface area contributed by atoms with Gasteiger partial charge in [0.25, 0.3) is 11.5 Å². The minimum absolute atomic E-state index is 0.190. The number of H-pyrrole nitrogens is 1. The summed E-state index contributed by atoms with van der Waals surface area (Å²) >= 11 is 0. The van der Waals surface area contributed by atoms with Crippen molar-refractivity contribution in [3.05, 3.63) is 82.8 Å². The van der Waals surface area contributed by atoms with Crippen LogP contribution in [0.4, 0.5) is 0 Å². The Bertz CT molecular complexity index is 1180. The van der Waals surface area contributed by atoms with Gasteiger partial charge in [0.15, 0.2) is 5.69 Å². The summed E-state index contributed by atoms with van der Waals surface area (Å²) in [6.45, 7) is 1.94. The van der Waals surface area contributed by atoms with Crippen molar-refractivity contribution in [1.29, 1.82) is 0 Å². The number of carbonyl (C=O) groups excluding carboxylic acids is 1. The smallest absolute Gasteiger partial charge is 0.275 e. The van der Waals surface area contributed by atoms with Crippen LogP contribution in [-0.2, 0) is 0 Å². The maximum Gasteiger partial charge on any atom is 0.275 e. The first-order chi connectivity index (χ1) is 13.6. The zero-order valence-corrected chi connectivity index (χ0v) is 15.4. The average molecular weight is 374 g/mol. The Kier molecular flexibility index (Phi) is 4.44. The van der Waals surface area contributed by atoms with Gasteiger partial charge in [-0.1, -0.05) is 30.3 Å². The Hall–Kier alpha value is -3.81. The fraction of sp³-hybridized carbons (Fsp3) is 0.150. The van der Waals surface area contributed by atoms with Gasteiger partial charge < -0.3 is 4.90 Å². The SMILES string of the molecule is CC(c1ccc(-n2cncn2)cc1)N(C)C(=O)c1n[nH]c(=O)c2ccccc12. The molecule has 0 aliphatic carbocycles. The molecule has 1 amide bonds. The highest BCUT2D eigenvalue weighted by Gasteiger charge is 2.22. The van der Waals surface area contributed by atoms with E-state index in [4.69, 9.17) is 0 Å². The lowest BCUT2D eigenvalue weighted by atomic mass is 10.1. The lowest BCUT2D eigenvalue weighted by Gasteiger charge is -2.25. The number of nitrogens with one attached hydrogen (secondary N) is 1. The van der Waals surface area contributed by atoms with Crippen LogP contribution < -0.4 is 5.56 Å². The van der Waals surface area contributed by atoms with E-state index >= 15 is 0 Å². The Morgan fingerprint density at radius 2 is 1.82 bits per heavy atom. The molecule has 0 radical (unpaired) electrons. The number of aromatic amines is 1. The van der Waals surface area contributed by atoms with E-state index in [1.54, 1.807) is 47.2 Å². The molecular formula is C20H18N6O2. The van der Waals surface area contributed by atoms with Crippen molar-refractivity contribution in [1.82, 2.24) is 29.9 Å². The van der Waals surface area contributed by atoms with Gasteiger partial charge in [-0.25, -0.2) is 14.8 Å². The molecule has 0 aliphatic heterocycles. The zero-order valence-electron chi connectivity index (χ0n) is 15.4. The van der Waals surface area contributed by atoms with Crippen LogP contribution in [-0.4, -0.2) is 42.8 Å². The third-order valence-electron chi connectivity index (χ3n) is 4.86. The van der Waals surface area contributed by atoms with E-state index in [9.17, 15) is 9.59 Å². The molecule has 1 N–H and O–H groups in total. The molecule has 0 bridgehead atoms. The summed E-state index contributed by atoms with van der Waals surface area (Å²) in [5.74, 6) is -0.264. The molecule has 2 aromatic carbocycles. The average Bonchev–Trinajstić information content (AvgIpc) is 3.28. The van der Waals surface area contributed by atoms with E-state index in [0.717, 1.165) is 11.3 Å². The van der Waals surface area contributed by atoms with E-state index in [1.807, 2.05) is 31.2 Å². The Balaban J connectivity index is 1.62. The number of benzene rings is 2. The number of rotatable bonds is 4. The minimum Gasteiger partial charge on any atom is -0.334 e. The molecule has 0 fully saturated rings. The number of carbonyl (C=O) groups is 1. The summed E-state index contributed by atoms with van der Waals surface area (Å²) in [5.41, 5.74) is 1.76. The Morgan fingerprint density at radius 1 is 1.11 bits per heavy atom. The van der Waals surface area contributed by atoms with Crippen LogP contribution >= 0.6 is 0 Å². The number of fused-ring (bicyclic) bond motifs is 1. The van der Waals surface area contributed by atoms with Crippen LogP contribution in [0.15, 0.2) is 66.0 Å². The number of nitrogens with zero attached hydrogens (tertiary/aromatic N) is 5. The lowest BCUT2D eigenvalue weighted by molar-refractivity contribution is 0.0737. The maximum absolute atomic E-state index is 13.1. The molecule has 8 heteroatoms. The first kappa shape index (κ1) is 17.6. The van der Waals surface area contributed by atoms with Gasteiger partial charge in [-0.2, -0.15) is 10.2 Å². The molecular weight excluding hydrogens is 356 g/mol. The largest absolute Gasteiger partial charge is 0.334 e. The maximum atomic E-state index is 13.1. The Morgan fingerprint density at radius 3 is 2.50 bits per heavy atom. The van der Waals surface area contributed by atoms with Gasteiger partial charge >= 0.3 is 0 Å². The summed E-state index contributed by atoms with van der Waals surface area (Å²) in [6, 6.07) is 14.5. The first-order valence-corrected chi connectivity index (χ1v) is 8.76. The van der Waals surface area contributed by atoms with Crippen LogP contribution in [0.1, 0.15) is 29.0 Å². The molecule has 0 saturated carbocycles. The summed E-state index contributed by atoms with van der Waals surface area (Å²) in [6.07, 6.45) is 3.10. The Labute approximate surface area is 160 Å². The van der Waals surface area contributed by atoms with Crippen molar-refractivity contribution in [3.63, 3.8) is 0 Å². The third kappa shape index (κ3) is 3.05. The first-order valence-electron chi connectivity index (χ1n) is 8.76. The highest BCUT2D eigenvalue weighted by atomic mass is 16.2. The summed E-state index contributed by atoms with van der Waals surface area (Å²) in [7, 11) is 1.72. The van der Waals surface area contributed by atoms with Crippen LogP contribution in [0.2, 0.25) is 0 Å². The second kappa shape index (κ2) is 7.07. The summed E-state index contributed by atoms with van der Waals surface area (Å²) in [5, 5.41) is 11.5. The third-order valence-corrected chi connectivity index (χ3v) is 4.86. The summed E-state index contributed by atoms with van der Waals surface area (Å²) in [4.78, 5) is 30.6. The number of hydrogen-bond donors (Lipinski definition) is 1. The molecule has 8 nitrogen and oxygen atoms in total. The van der Waals surface area contributed by atoms with E-state index in [0.29, 0.717) is 10.8 Å². The zero-order chi connectivity index (χ0) is 19.7. The van der Waals surface area contributed by atoms with Crippen molar-refractivity contribution in [2.75, 3.05) is 7.05 Å². The van der Waals surface area contributed by atoms with Crippen molar-refractivity contribution in [3.8, 4) is 5.69 Å². The van der Waals surface area contributed by atoms with E-state index in [2.05, 4.69) is 20.3 Å². The van der Waals surface area contributed by atoms with E-state index in [-0.39, 0.29) is 23.2 Å². The highest BCUT2D eigenvalue weighted by Crippen LogP contribution is 2.23. The van der Waals surface area contributed by atoms with Crippen molar-refractivity contribution >= 4 is 16.7 Å². The molecule has 2 heterocycles. The van der Waals surface area contributed by atoms with Crippen LogP contribution in [0, 0.1) is 0 Å². The van der Waals surface area contributed by atoms with Gasteiger partial charge in [-0.3, -0.25) is 9.59 Å². The molecule has 0 spiro atoms. The molecule has 28 heavy (non-hydrogen) atoms. The van der Waals surface area contributed by atoms with Crippen LogP contribution in [0.3, 0.4) is 0 Å². The molecule has 0 saturated heterocycles. The molecule has 4 aromatic rings. The van der Waals surface area contributed by atoms with Gasteiger partial charge in [-0.05, 0) is 30.7 Å². The molecule has 140 valence electrons. The highest BCUT2D eigenvalue weighted by molar-refractivity contribution is 6.04. The van der Waals surface area contributed by atoms with Crippen molar-refractivity contribution in [2.24, 2.45) is 0 Å². The molecule has 0 aliphatic rings. The standard InChI is InChI=1S/C20H18N6O2/c1-13(14-7-9-15(10-8-14)26-12-21-11-22-26)25(2)20(28)18-16-5-3-4-6-17(16)19(27)24-23-18/h3-13H,1-2H3,(H,24,27). The molecule has 4 rings (SSSR count). The predicted molar refractivity (Wildman–Crippen MR) is 104 cm³/mol. The lowest BCUT2D eigenvalue weighted by Crippen LogP contribution is -2.31. The normalized spacial score (nSPS) is 12.1. The predicted octanol–water partition coefficient (Wildman–Crippen LogP) is 2.34. The second-order valence-corrected chi connectivity index (χ2v) is 6.47. The van der Waals surface area contributed by atoms with Gasteiger partial charge in [0, 0.05) is 12.4 Å². The van der Waals surface area contributed by atoms with E-state index < -0.39 is 0 Å². The fourth-order valence-corrected chi connectivity index (χ4v) is 3.09. The molecule has 1 atom stereocenters. The topological polar surface area (TPSA) is 96.8 Å². The van der Waals surface area contributed by atoms with Gasteiger partial charge in [0.2, 0.25) is 0 Å². The van der Waals surface area contributed by atoms with Gasteiger partial charge in [-0.15, -0.1) is 0 Å².